The van der Waals surface area contributed by atoms with Gasteiger partial charge in [-0.3, -0.25) is 4.79 Å². The number of nitrogens with one attached hydrogen (secondary N) is 1. The first-order chi connectivity index (χ1) is 13.2. The summed E-state index contributed by atoms with van der Waals surface area (Å²) in [6, 6.07) is 12.6. The average Bonchev–Trinajstić information content (AvgIpc) is 3.33. The predicted molar refractivity (Wildman–Crippen MR) is 108 cm³/mol. The molecule has 0 saturated carbocycles. The van der Waals surface area contributed by atoms with Gasteiger partial charge in [0.25, 0.3) is 5.56 Å². The molecule has 5 nitrogen and oxygen atoms in total. The molecule has 0 spiro atoms. The van der Waals surface area contributed by atoms with E-state index in [2.05, 4.69) is 41.1 Å². The molecular formula is C21H19N3O2S. The number of aromatic nitrogens is 2. The molecule has 136 valence electrons. The summed E-state index contributed by atoms with van der Waals surface area (Å²) in [5, 5.41) is 2.54. The smallest absolute Gasteiger partial charge is 0.260 e. The molecule has 0 amide bonds. The van der Waals surface area contributed by atoms with Crippen LogP contribution in [0.2, 0.25) is 0 Å². The number of anilines is 1. The molecule has 5 rings (SSSR count). The van der Waals surface area contributed by atoms with Crippen molar-refractivity contribution < 1.29 is 4.42 Å². The van der Waals surface area contributed by atoms with Crippen LogP contribution in [0.25, 0.3) is 21.5 Å². The number of hydrogen-bond donors (Lipinski definition) is 1. The molecule has 1 N–H and O–H groups in total. The molecule has 27 heavy (non-hydrogen) atoms. The Kier molecular flexibility index (Phi) is 3.86. The van der Waals surface area contributed by atoms with Crippen LogP contribution in [-0.4, -0.2) is 16.0 Å². The highest BCUT2D eigenvalue weighted by Crippen LogP contribution is 2.33. The Balaban J connectivity index is 1.54. The zero-order chi connectivity index (χ0) is 18.4. The van der Waals surface area contributed by atoms with Gasteiger partial charge in [-0.2, -0.15) is 0 Å². The number of fused-ring (bicyclic) bond motifs is 2. The van der Waals surface area contributed by atoms with Crippen molar-refractivity contribution in [1.82, 2.24) is 9.97 Å². The van der Waals surface area contributed by atoms with Crippen LogP contribution in [0.15, 0.2) is 57.3 Å². The molecule has 0 saturated heterocycles. The van der Waals surface area contributed by atoms with Gasteiger partial charge in [-0.25, -0.2) is 4.98 Å². The van der Waals surface area contributed by atoms with Gasteiger partial charge >= 0.3 is 0 Å². The Labute approximate surface area is 160 Å². The van der Waals surface area contributed by atoms with E-state index in [0.29, 0.717) is 29.6 Å². The van der Waals surface area contributed by atoms with Gasteiger partial charge in [0.05, 0.1) is 18.2 Å². The van der Waals surface area contributed by atoms with Crippen molar-refractivity contribution in [1.29, 1.82) is 0 Å². The van der Waals surface area contributed by atoms with Crippen molar-refractivity contribution in [3.05, 3.63) is 69.8 Å². The van der Waals surface area contributed by atoms with Crippen molar-refractivity contribution in [2.24, 2.45) is 0 Å². The highest BCUT2D eigenvalue weighted by Gasteiger charge is 2.24. The lowest BCUT2D eigenvalue weighted by atomic mass is 9.96. The van der Waals surface area contributed by atoms with E-state index < -0.39 is 0 Å². The van der Waals surface area contributed by atoms with Gasteiger partial charge in [0, 0.05) is 22.7 Å². The minimum Gasteiger partial charge on any atom is -0.464 e. The van der Waals surface area contributed by atoms with E-state index in [-0.39, 0.29) is 5.56 Å². The second kappa shape index (κ2) is 6.39. The van der Waals surface area contributed by atoms with Crippen molar-refractivity contribution in [2.75, 3.05) is 4.90 Å². The second-order valence-electron chi connectivity index (χ2n) is 6.96. The van der Waals surface area contributed by atoms with Gasteiger partial charge in [0.2, 0.25) is 0 Å². The maximum atomic E-state index is 12.8. The minimum atomic E-state index is -0.111. The van der Waals surface area contributed by atoms with Crippen molar-refractivity contribution in [3.63, 3.8) is 0 Å². The number of hydrogen-bond acceptors (Lipinski definition) is 5. The van der Waals surface area contributed by atoms with Crippen LogP contribution in [-0.2, 0) is 13.0 Å². The summed E-state index contributed by atoms with van der Waals surface area (Å²) in [6.07, 6.45) is 3.81. The van der Waals surface area contributed by atoms with Crippen molar-refractivity contribution in [2.45, 2.75) is 32.4 Å². The number of para-hydroxylation sites is 1. The summed E-state index contributed by atoms with van der Waals surface area (Å²) in [6.45, 7) is 2.82. The normalized spacial score (nSPS) is 16.6. The zero-order valence-corrected chi connectivity index (χ0v) is 15.8. The summed E-state index contributed by atoms with van der Waals surface area (Å²) in [4.78, 5) is 23.6. The Morgan fingerprint density at radius 3 is 3.04 bits per heavy atom. The number of benzene rings is 1. The number of aromatic amines is 1. The van der Waals surface area contributed by atoms with Crippen LogP contribution < -0.4 is 10.5 Å². The van der Waals surface area contributed by atoms with Crippen LogP contribution in [0, 0.1) is 0 Å². The number of furan rings is 1. The fourth-order valence-electron chi connectivity index (χ4n) is 3.84. The molecule has 3 aromatic heterocycles. The van der Waals surface area contributed by atoms with Gasteiger partial charge in [-0.1, -0.05) is 18.2 Å². The third kappa shape index (κ3) is 2.77. The first-order valence-corrected chi connectivity index (χ1v) is 9.97. The van der Waals surface area contributed by atoms with E-state index in [4.69, 9.17) is 9.40 Å². The lowest BCUT2D eigenvalue weighted by molar-refractivity contribution is 0.552. The number of H-pyrrole nitrogens is 1. The topological polar surface area (TPSA) is 62.1 Å². The second-order valence-corrected chi connectivity index (χ2v) is 7.82. The molecular weight excluding hydrogens is 358 g/mol. The van der Waals surface area contributed by atoms with Crippen molar-refractivity contribution in [3.8, 4) is 11.3 Å². The van der Waals surface area contributed by atoms with Crippen LogP contribution in [0.1, 0.15) is 24.7 Å². The molecule has 0 bridgehead atoms. The third-order valence-electron chi connectivity index (χ3n) is 5.26. The lowest BCUT2D eigenvalue weighted by Gasteiger charge is -2.36. The molecule has 1 aliphatic rings. The van der Waals surface area contributed by atoms with Gasteiger partial charge in [-0.05, 0) is 43.5 Å². The number of nitrogens with zero attached hydrogens (tertiary/aromatic N) is 2. The zero-order valence-electron chi connectivity index (χ0n) is 14.9. The summed E-state index contributed by atoms with van der Waals surface area (Å²) in [5.41, 5.74) is 3.29. The summed E-state index contributed by atoms with van der Waals surface area (Å²) in [5.74, 6) is 1.39. The minimum absolute atomic E-state index is 0.111. The van der Waals surface area contributed by atoms with Crippen LogP contribution in [0.3, 0.4) is 0 Å². The monoisotopic (exact) mass is 377 g/mol. The molecule has 4 aromatic rings. The molecule has 1 aliphatic heterocycles. The SMILES string of the molecule is CC1CCc2ccccc2N1Cc1nc2scc(-c3ccco3)c2c(=O)[nH]1. The summed E-state index contributed by atoms with van der Waals surface area (Å²) < 4.78 is 5.46. The van der Waals surface area contributed by atoms with E-state index in [0.717, 1.165) is 23.2 Å². The average molecular weight is 377 g/mol. The Hall–Kier alpha value is -2.86. The summed E-state index contributed by atoms with van der Waals surface area (Å²) >= 11 is 1.48. The van der Waals surface area contributed by atoms with E-state index in [1.54, 1.807) is 6.26 Å². The van der Waals surface area contributed by atoms with Gasteiger partial charge < -0.3 is 14.3 Å². The van der Waals surface area contributed by atoms with E-state index in [1.807, 2.05) is 17.5 Å². The van der Waals surface area contributed by atoms with Gasteiger partial charge in [0.15, 0.2) is 0 Å². The molecule has 4 heterocycles. The molecule has 0 fully saturated rings. The van der Waals surface area contributed by atoms with Crippen LogP contribution in [0.5, 0.6) is 0 Å². The first kappa shape index (κ1) is 16.3. The number of thiophene rings is 1. The molecule has 1 unspecified atom stereocenters. The van der Waals surface area contributed by atoms with Crippen LogP contribution in [0.4, 0.5) is 5.69 Å². The standard InChI is InChI=1S/C21H19N3O2S/c1-13-8-9-14-5-2-3-6-16(14)24(13)11-18-22-20(25)19-15(12-27-21(19)23-18)17-7-4-10-26-17/h2-7,10,12-13H,8-9,11H2,1H3,(H,22,23,25). The third-order valence-corrected chi connectivity index (χ3v) is 6.14. The van der Waals surface area contributed by atoms with E-state index >= 15 is 0 Å². The maximum absolute atomic E-state index is 12.8. The van der Waals surface area contributed by atoms with E-state index in [9.17, 15) is 4.79 Å². The van der Waals surface area contributed by atoms with Crippen molar-refractivity contribution >= 4 is 27.2 Å². The van der Waals surface area contributed by atoms with Gasteiger partial charge in [-0.15, -0.1) is 11.3 Å². The fourth-order valence-corrected chi connectivity index (χ4v) is 4.79. The largest absolute Gasteiger partial charge is 0.464 e. The Bertz CT molecular complexity index is 1160. The Morgan fingerprint density at radius 1 is 1.30 bits per heavy atom. The molecule has 1 aromatic carbocycles. The Morgan fingerprint density at radius 2 is 2.19 bits per heavy atom. The van der Waals surface area contributed by atoms with E-state index in [1.165, 1.54) is 22.6 Å². The molecule has 6 heteroatoms. The van der Waals surface area contributed by atoms with Crippen LogP contribution >= 0.6 is 11.3 Å². The summed E-state index contributed by atoms with van der Waals surface area (Å²) in [7, 11) is 0. The fraction of sp³-hybridized carbons (Fsp3) is 0.238. The number of rotatable bonds is 3. The quantitative estimate of drug-likeness (QED) is 0.567. The molecule has 0 radical (unpaired) electrons. The highest BCUT2D eigenvalue weighted by atomic mass is 32.1. The maximum Gasteiger partial charge on any atom is 0.260 e. The lowest BCUT2D eigenvalue weighted by Crippen LogP contribution is -2.37. The first-order valence-electron chi connectivity index (χ1n) is 9.09. The van der Waals surface area contributed by atoms with Gasteiger partial charge in [0.1, 0.15) is 16.4 Å². The predicted octanol–water partition coefficient (Wildman–Crippen LogP) is 4.59. The molecule has 1 atom stereocenters. The highest BCUT2D eigenvalue weighted by molar-refractivity contribution is 7.17. The molecule has 0 aliphatic carbocycles. The number of aryl methyl sites for hydroxylation is 1.